The van der Waals surface area contributed by atoms with Crippen molar-refractivity contribution in [3.05, 3.63) is 23.9 Å². The number of hydrogen-bond donors (Lipinski definition) is 3. The Kier molecular flexibility index (Phi) is 8.51. The van der Waals surface area contributed by atoms with Crippen molar-refractivity contribution in [1.29, 1.82) is 0 Å². The Morgan fingerprint density at radius 1 is 1.24 bits per heavy atom. The van der Waals surface area contributed by atoms with E-state index in [1.807, 2.05) is 0 Å². The lowest BCUT2D eigenvalue weighted by Crippen LogP contribution is -2.21. The second-order valence-corrected chi connectivity index (χ2v) is 2.84. The topological polar surface area (TPSA) is 114 Å². The number of pyridine rings is 1. The van der Waals surface area contributed by atoms with E-state index < -0.39 is 29.7 Å². The van der Waals surface area contributed by atoms with Gasteiger partial charge in [-0.05, 0) is 12.1 Å². The third-order valence-electron chi connectivity index (χ3n) is 1.39. The van der Waals surface area contributed by atoms with Crippen molar-refractivity contribution < 1.29 is 46.1 Å². The molecule has 12 heteroatoms. The number of hydrogen-bond acceptors (Lipinski definition) is 4. The van der Waals surface area contributed by atoms with Crippen LogP contribution < -0.4 is 5.73 Å². The van der Waals surface area contributed by atoms with Crippen LogP contribution in [0.4, 0.5) is 32.2 Å². The van der Waals surface area contributed by atoms with Crippen molar-refractivity contribution in [2.75, 3.05) is 5.73 Å². The molecule has 0 bridgehead atoms. The molecule has 0 aliphatic heterocycles. The summed E-state index contributed by atoms with van der Waals surface area (Å²) < 4.78 is 67.5. The first-order valence-corrected chi connectivity index (χ1v) is 4.53. The van der Waals surface area contributed by atoms with Crippen LogP contribution in [-0.4, -0.2) is 33.8 Å². The third kappa shape index (κ3) is 9.98. The van der Waals surface area contributed by atoms with Gasteiger partial charge in [0.1, 0.15) is 5.82 Å². The zero-order valence-corrected chi connectivity index (χ0v) is 9.81. The van der Waals surface area contributed by atoms with Crippen LogP contribution in [-0.2, 0) is 15.8 Å². The Morgan fingerprint density at radius 3 is 1.81 bits per heavy atom. The Balaban J connectivity index is 0. The molecule has 0 spiro atoms. The maximum Gasteiger partial charge on any atom is 0.490 e. The summed E-state index contributed by atoms with van der Waals surface area (Å²) >= 11 is 0. The van der Waals surface area contributed by atoms with Crippen molar-refractivity contribution in [1.82, 2.24) is 4.98 Å². The van der Waals surface area contributed by atoms with Crippen LogP contribution >= 0.6 is 0 Å². The fraction of sp³-hybridized carbons (Fsp3) is 0.222. The highest BCUT2D eigenvalue weighted by Gasteiger charge is 2.38. The van der Waals surface area contributed by atoms with Crippen LogP contribution in [0, 0.1) is 0 Å². The molecule has 6 nitrogen and oxygen atoms in total. The number of halogens is 6. The average molecular weight is 322 g/mol. The van der Waals surface area contributed by atoms with Crippen molar-refractivity contribution >= 4 is 18.3 Å². The second kappa shape index (κ2) is 8.60. The van der Waals surface area contributed by atoms with Gasteiger partial charge in [0.15, 0.2) is 0 Å². The molecule has 1 aromatic heterocycles. The van der Waals surface area contributed by atoms with Gasteiger partial charge in [-0.25, -0.2) is 9.78 Å². The Morgan fingerprint density at radius 2 is 1.62 bits per heavy atom. The van der Waals surface area contributed by atoms with Crippen LogP contribution in [0.15, 0.2) is 18.3 Å². The highest BCUT2D eigenvalue weighted by molar-refractivity contribution is 5.73. The molecule has 0 saturated heterocycles. The number of aliphatic carboxylic acids is 1. The molecule has 0 saturated carbocycles. The summed E-state index contributed by atoms with van der Waals surface area (Å²) in [6, 6.07) is 2.08. The van der Waals surface area contributed by atoms with Gasteiger partial charge in [-0.15, -0.1) is 0 Å². The van der Waals surface area contributed by atoms with E-state index in [0.717, 1.165) is 6.07 Å². The number of rotatable bonds is 0. The number of alkyl halides is 6. The number of anilines is 1. The predicted molar refractivity (Wildman–Crippen MR) is 56.0 cm³/mol. The van der Waals surface area contributed by atoms with Crippen LogP contribution in [0.5, 0.6) is 0 Å². The van der Waals surface area contributed by atoms with Crippen LogP contribution in [0.1, 0.15) is 5.56 Å². The highest BCUT2D eigenvalue weighted by atomic mass is 19.4. The summed E-state index contributed by atoms with van der Waals surface area (Å²) in [6.07, 6.45) is -8.27. The molecule has 0 radical (unpaired) electrons. The maximum atomic E-state index is 11.9. The first-order valence-electron chi connectivity index (χ1n) is 4.53. The summed E-state index contributed by atoms with van der Waals surface area (Å²) in [7, 11) is 0. The first-order chi connectivity index (χ1) is 9.37. The van der Waals surface area contributed by atoms with E-state index >= 15 is 0 Å². The number of nitrogens with zero attached hydrogens (tertiary/aromatic N) is 1. The quantitative estimate of drug-likeness (QED) is 0.497. The smallest absolute Gasteiger partial charge is 0.483 e. The molecule has 0 atom stereocenters. The number of aromatic nitrogens is 1. The number of nitrogen functional groups attached to an aromatic ring is 1. The van der Waals surface area contributed by atoms with Gasteiger partial charge in [-0.1, -0.05) is 0 Å². The number of nitrogens with two attached hydrogens (primary N) is 1. The van der Waals surface area contributed by atoms with Gasteiger partial charge in [0.25, 0.3) is 6.47 Å². The predicted octanol–water partition coefficient (Wildman–Crippen LogP) is 2.02. The minimum Gasteiger partial charge on any atom is -0.483 e. The molecule has 1 aromatic rings. The minimum atomic E-state index is -5.08. The Labute approximate surface area is 112 Å². The minimum absolute atomic E-state index is 0.250. The SMILES string of the molecule is Nc1ncccc1C(F)(F)F.O=C(O)C(F)(F)F.O=CO. The van der Waals surface area contributed by atoms with Gasteiger partial charge in [-0.2, -0.15) is 26.3 Å². The van der Waals surface area contributed by atoms with Crippen LogP contribution in [0.3, 0.4) is 0 Å². The number of carboxylic acids is 1. The monoisotopic (exact) mass is 322 g/mol. The zero-order chi connectivity index (χ0) is 17.3. The molecule has 0 amide bonds. The molecule has 0 aliphatic rings. The molecule has 0 fully saturated rings. The van der Waals surface area contributed by atoms with Crippen molar-refractivity contribution in [2.24, 2.45) is 0 Å². The van der Waals surface area contributed by atoms with E-state index in [0.29, 0.717) is 0 Å². The van der Waals surface area contributed by atoms with E-state index in [1.165, 1.54) is 12.3 Å². The maximum absolute atomic E-state index is 11.9. The normalized spacial score (nSPS) is 10.4. The zero-order valence-electron chi connectivity index (χ0n) is 9.81. The van der Waals surface area contributed by atoms with Crippen molar-refractivity contribution in [2.45, 2.75) is 12.4 Å². The number of carbonyl (C=O) groups is 2. The molecule has 4 N–H and O–H groups in total. The van der Waals surface area contributed by atoms with Gasteiger partial charge in [0.05, 0.1) is 5.56 Å². The van der Waals surface area contributed by atoms with Gasteiger partial charge < -0.3 is 15.9 Å². The average Bonchev–Trinajstić information content (AvgIpc) is 2.28. The van der Waals surface area contributed by atoms with Crippen molar-refractivity contribution in [3.8, 4) is 0 Å². The lowest BCUT2D eigenvalue weighted by molar-refractivity contribution is -0.192. The lowest BCUT2D eigenvalue weighted by atomic mass is 10.2. The molecule has 1 rings (SSSR count). The van der Waals surface area contributed by atoms with E-state index in [-0.39, 0.29) is 6.47 Å². The number of carboxylic acid groups (broad SMARTS) is 2. The Bertz CT molecular complexity index is 460. The third-order valence-corrected chi connectivity index (χ3v) is 1.39. The lowest BCUT2D eigenvalue weighted by Gasteiger charge is -2.06. The van der Waals surface area contributed by atoms with E-state index in [1.54, 1.807) is 0 Å². The Hall–Kier alpha value is -2.53. The summed E-state index contributed by atoms with van der Waals surface area (Å²) in [5, 5.41) is 14.0. The van der Waals surface area contributed by atoms with Crippen LogP contribution in [0.2, 0.25) is 0 Å². The van der Waals surface area contributed by atoms with Gasteiger partial charge in [0.2, 0.25) is 0 Å². The largest absolute Gasteiger partial charge is 0.490 e. The standard InChI is InChI=1S/C6H5F3N2.C2HF3O2.CH2O2/c7-6(8,9)4-2-1-3-11-5(4)10;3-2(4,5)1(6)7;2-1-3/h1-3H,(H2,10,11);(H,6,7);1H,(H,2,3). The first kappa shape index (κ1) is 20.8. The van der Waals surface area contributed by atoms with E-state index in [4.69, 9.17) is 25.5 Å². The molecule has 21 heavy (non-hydrogen) atoms. The van der Waals surface area contributed by atoms with Gasteiger partial charge >= 0.3 is 18.3 Å². The van der Waals surface area contributed by atoms with Crippen molar-refractivity contribution in [3.63, 3.8) is 0 Å². The van der Waals surface area contributed by atoms with E-state index in [2.05, 4.69) is 4.98 Å². The van der Waals surface area contributed by atoms with Gasteiger partial charge in [0, 0.05) is 6.20 Å². The molecule has 0 aromatic carbocycles. The summed E-state index contributed by atoms with van der Waals surface area (Å²) in [6.45, 7) is -0.250. The fourth-order valence-corrected chi connectivity index (χ4v) is 0.657. The van der Waals surface area contributed by atoms with Gasteiger partial charge in [-0.3, -0.25) is 4.79 Å². The molecule has 120 valence electrons. The summed E-state index contributed by atoms with van der Waals surface area (Å²) in [5.74, 6) is -3.24. The summed E-state index contributed by atoms with van der Waals surface area (Å²) in [5.41, 5.74) is 4.09. The van der Waals surface area contributed by atoms with E-state index in [9.17, 15) is 26.3 Å². The summed E-state index contributed by atoms with van der Waals surface area (Å²) in [4.78, 5) is 20.6. The molecular weight excluding hydrogens is 314 g/mol. The second-order valence-electron chi connectivity index (χ2n) is 2.84. The molecule has 0 unspecified atom stereocenters. The van der Waals surface area contributed by atoms with Crippen LogP contribution in [0.25, 0.3) is 0 Å². The molecule has 1 heterocycles. The molecule has 0 aliphatic carbocycles. The fourth-order valence-electron chi connectivity index (χ4n) is 0.657. The highest BCUT2D eigenvalue weighted by Crippen LogP contribution is 2.31. The molecular formula is C9H8F6N2O4.